The Bertz CT molecular complexity index is 585. The van der Waals surface area contributed by atoms with E-state index >= 15 is 0 Å². The van der Waals surface area contributed by atoms with Gasteiger partial charge >= 0.3 is 6.01 Å². The maximum atomic E-state index is 12.7. The molecule has 1 unspecified atom stereocenters. The van der Waals surface area contributed by atoms with Crippen LogP contribution in [0.3, 0.4) is 0 Å². The molecule has 1 heterocycles. The van der Waals surface area contributed by atoms with Gasteiger partial charge in [-0.15, -0.1) is 5.10 Å². The average Bonchev–Trinajstić information content (AvgIpc) is 2.89. The molecular formula is C12H13FN4O3. The molecule has 1 amide bonds. The quantitative estimate of drug-likeness (QED) is 0.863. The van der Waals surface area contributed by atoms with Crippen molar-refractivity contribution in [3.63, 3.8) is 0 Å². The number of rotatable bonds is 5. The normalized spacial score (nSPS) is 11.8. The first kappa shape index (κ1) is 13.8. The van der Waals surface area contributed by atoms with E-state index in [4.69, 9.17) is 9.47 Å². The van der Waals surface area contributed by atoms with Crippen molar-refractivity contribution in [1.82, 2.24) is 15.2 Å². The molecule has 0 radical (unpaired) electrons. The van der Waals surface area contributed by atoms with Crippen LogP contribution in [0.1, 0.15) is 6.92 Å². The number of benzene rings is 1. The smallest absolute Gasteiger partial charge is 0.336 e. The molecule has 0 aliphatic carbocycles. The first-order valence-electron chi connectivity index (χ1n) is 5.78. The highest BCUT2D eigenvalue weighted by Gasteiger charge is 2.16. The van der Waals surface area contributed by atoms with Gasteiger partial charge in [0.1, 0.15) is 11.6 Å². The standard InChI is InChI=1S/C12H13FN4O3/c1-7(20-9-5-3-8(13)4-6-9)10(18)14-11-15-12(19-2)17-16-11/h3-7H,1-2H3,(H2,14,15,16,17,18). The van der Waals surface area contributed by atoms with Crippen molar-refractivity contribution in [3.8, 4) is 11.8 Å². The summed E-state index contributed by atoms with van der Waals surface area (Å²) in [6.45, 7) is 1.56. The minimum atomic E-state index is -0.781. The van der Waals surface area contributed by atoms with E-state index in [-0.39, 0.29) is 17.8 Å². The minimum absolute atomic E-state index is 0.118. The monoisotopic (exact) mass is 280 g/mol. The number of hydrogen-bond donors (Lipinski definition) is 2. The summed E-state index contributed by atoms with van der Waals surface area (Å²) in [7, 11) is 1.41. The van der Waals surface area contributed by atoms with Gasteiger partial charge in [-0.25, -0.2) is 9.49 Å². The minimum Gasteiger partial charge on any atom is -0.481 e. The van der Waals surface area contributed by atoms with Gasteiger partial charge in [-0.05, 0) is 31.2 Å². The Balaban J connectivity index is 1.93. The second kappa shape index (κ2) is 6.00. The molecule has 1 atom stereocenters. The lowest BCUT2D eigenvalue weighted by atomic mass is 10.3. The fourth-order valence-electron chi connectivity index (χ4n) is 1.38. The number of amides is 1. The van der Waals surface area contributed by atoms with Gasteiger partial charge in [-0.3, -0.25) is 10.1 Å². The molecule has 0 aliphatic rings. The predicted octanol–water partition coefficient (Wildman–Crippen LogP) is 1.36. The molecule has 0 saturated heterocycles. The third-order valence-electron chi connectivity index (χ3n) is 2.38. The lowest BCUT2D eigenvalue weighted by molar-refractivity contribution is -0.122. The molecule has 8 heteroatoms. The second-order valence-electron chi connectivity index (χ2n) is 3.87. The van der Waals surface area contributed by atoms with Crippen LogP contribution >= 0.6 is 0 Å². The number of methoxy groups -OCH3 is 1. The van der Waals surface area contributed by atoms with Crippen LogP contribution in [0.4, 0.5) is 10.3 Å². The highest BCUT2D eigenvalue weighted by atomic mass is 19.1. The summed E-state index contributed by atoms with van der Waals surface area (Å²) >= 11 is 0. The van der Waals surface area contributed by atoms with Crippen LogP contribution in [0.15, 0.2) is 24.3 Å². The van der Waals surface area contributed by atoms with Crippen LogP contribution in [0.25, 0.3) is 0 Å². The summed E-state index contributed by atoms with van der Waals surface area (Å²) in [5, 5.41) is 8.66. The highest BCUT2D eigenvalue weighted by molar-refractivity contribution is 5.92. The number of aromatic nitrogens is 3. The summed E-state index contributed by atoms with van der Waals surface area (Å²) in [5.41, 5.74) is 0. The summed E-state index contributed by atoms with van der Waals surface area (Å²) in [6, 6.07) is 5.50. The van der Waals surface area contributed by atoms with Gasteiger partial charge in [0.2, 0.25) is 5.95 Å². The first-order valence-corrected chi connectivity index (χ1v) is 5.78. The molecular weight excluding hydrogens is 267 g/mol. The zero-order valence-electron chi connectivity index (χ0n) is 10.9. The molecule has 0 aliphatic heterocycles. The number of hydrogen-bond acceptors (Lipinski definition) is 5. The predicted molar refractivity (Wildman–Crippen MR) is 68.1 cm³/mol. The van der Waals surface area contributed by atoms with Crippen molar-refractivity contribution in [1.29, 1.82) is 0 Å². The van der Waals surface area contributed by atoms with Crippen LogP contribution < -0.4 is 14.8 Å². The van der Waals surface area contributed by atoms with Crippen molar-refractivity contribution >= 4 is 11.9 Å². The number of carbonyl (C=O) groups is 1. The number of anilines is 1. The zero-order chi connectivity index (χ0) is 14.5. The highest BCUT2D eigenvalue weighted by Crippen LogP contribution is 2.13. The molecule has 0 fully saturated rings. The number of aromatic amines is 1. The third kappa shape index (κ3) is 3.44. The molecule has 7 nitrogen and oxygen atoms in total. The van der Waals surface area contributed by atoms with E-state index in [0.717, 1.165) is 0 Å². The summed E-state index contributed by atoms with van der Waals surface area (Å²) < 4.78 is 22.9. The van der Waals surface area contributed by atoms with Crippen molar-refractivity contribution in [3.05, 3.63) is 30.1 Å². The molecule has 0 saturated carbocycles. The number of ether oxygens (including phenoxy) is 2. The molecule has 106 valence electrons. The van der Waals surface area contributed by atoms with Gasteiger partial charge in [-0.1, -0.05) is 0 Å². The fourth-order valence-corrected chi connectivity index (χ4v) is 1.38. The molecule has 2 rings (SSSR count). The molecule has 2 N–H and O–H groups in total. The zero-order valence-corrected chi connectivity index (χ0v) is 10.9. The summed E-state index contributed by atoms with van der Waals surface area (Å²) in [5.74, 6) is -0.248. The topological polar surface area (TPSA) is 89.1 Å². The van der Waals surface area contributed by atoms with E-state index in [2.05, 4.69) is 20.5 Å². The van der Waals surface area contributed by atoms with Crippen LogP contribution in [-0.2, 0) is 4.79 Å². The third-order valence-corrected chi connectivity index (χ3v) is 2.38. The van der Waals surface area contributed by atoms with Gasteiger partial charge < -0.3 is 9.47 Å². The van der Waals surface area contributed by atoms with E-state index < -0.39 is 12.0 Å². The fraction of sp³-hybridized carbons (Fsp3) is 0.250. The first-order chi connectivity index (χ1) is 9.58. The number of nitrogens with one attached hydrogen (secondary N) is 2. The maximum Gasteiger partial charge on any atom is 0.336 e. The maximum absolute atomic E-state index is 12.7. The van der Waals surface area contributed by atoms with E-state index in [1.54, 1.807) is 6.92 Å². The Morgan fingerprint density at radius 1 is 1.40 bits per heavy atom. The number of halogens is 1. The van der Waals surface area contributed by atoms with Gasteiger partial charge in [0.15, 0.2) is 6.10 Å². The molecule has 1 aromatic heterocycles. The molecule has 20 heavy (non-hydrogen) atoms. The van der Waals surface area contributed by atoms with E-state index in [1.165, 1.54) is 31.4 Å². The number of carbonyl (C=O) groups excluding carboxylic acids is 1. The number of nitrogens with zero attached hydrogens (tertiary/aromatic N) is 2. The Kier molecular flexibility index (Phi) is 4.14. The van der Waals surface area contributed by atoms with Gasteiger partial charge in [-0.2, -0.15) is 4.98 Å². The van der Waals surface area contributed by atoms with Gasteiger partial charge in [0, 0.05) is 0 Å². The van der Waals surface area contributed by atoms with Crippen LogP contribution in [0.5, 0.6) is 11.8 Å². The summed E-state index contributed by atoms with van der Waals surface area (Å²) in [6.07, 6.45) is -0.781. The van der Waals surface area contributed by atoms with Gasteiger partial charge in [0.05, 0.1) is 7.11 Å². The molecule has 1 aromatic carbocycles. The van der Waals surface area contributed by atoms with E-state index in [1.807, 2.05) is 0 Å². The lowest BCUT2D eigenvalue weighted by Gasteiger charge is -2.13. The van der Waals surface area contributed by atoms with Crippen LogP contribution in [0, 0.1) is 5.82 Å². The van der Waals surface area contributed by atoms with E-state index in [0.29, 0.717) is 5.75 Å². The second-order valence-corrected chi connectivity index (χ2v) is 3.87. The van der Waals surface area contributed by atoms with Crippen molar-refractivity contribution in [2.45, 2.75) is 13.0 Å². The summed E-state index contributed by atoms with van der Waals surface area (Å²) in [4.78, 5) is 15.7. The Morgan fingerprint density at radius 3 is 2.70 bits per heavy atom. The van der Waals surface area contributed by atoms with Crippen molar-refractivity contribution in [2.75, 3.05) is 12.4 Å². The lowest BCUT2D eigenvalue weighted by Crippen LogP contribution is -2.30. The van der Waals surface area contributed by atoms with Crippen LogP contribution in [-0.4, -0.2) is 34.3 Å². The Hall–Kier alpha value is -2.64. The SMILES string of the molecule is COc1n[nH]c(NC(=O)C(C)Oc2ccc(F)cc2)n1. The van der Waals surface area contributed by atoms with Crippen LogP contribution in [0.2, 0.25) is 0 Å². The Morgan fingerprint density at radius 2 is 2.10 bits per heavy atom. The average molecular weight is 280 g/mol. The molecule has 0 spiro atoms. The Labute approximate surface area is 114 Å². The molecule has 0 bridgehead atoms. The molecule has 2 aromatic rings. The van der Waals surface area contributed by atoms with Crippen molar-refractivity contribution < 1.29 is 18.7 Å². The largest absolute Gasteiger partial charge is 0.481 e. The van der Waals surface area contributed by atoms with Gasteiger partial charge in [0.25, 0.3) is 5.91 Å². The number of H-pyrrole nitrogens is 1. The van der Waals surface area contributed by atoms with Crippen molar-refractivity contribution in [2.24, 2.45) is 0 Å². The van der Waals surface area contributed by atoms with E-state index in [9.17, 15) is 9.18 Å².